The van der Waals surface area contributed by atoms with E-state index < -0.39 is 5.60 Å². The van der Waals surface area contributed by atoms with Crippen LogP contribution in [0.2, 0.25) is 0 Å². The smallest absolute Gasteiger partial charge is 0.410 e. The molecule has 1 aliphatic heterocycles. The first-order valence-corrected chi connectivity index (χ1v) is 7.54. The number of hydrogen-bond donors (Lipinski definition) is 1. The molecule has 1 unspecified atom stereocenters. The lowest BCUT2D eigenvalue weighted by atomic mass is 10.2. The van der Waals surface area contributed by atoms with E-state index in [2.05, 4.69) is 10.4 Å². The number of carbonyl (C=O) groups is 1. The molecule has 1 aromatic rings. The lowest BCUT2D eigenvalue weighted by Gasteiger charge is -2.24. The topological polar surface area (TPSA) is 59.4 Å². The minimum absolute atomic E-state index is 0.213. The second kappa shape index (κ2) is 6.47. The Morgan fingerprint density at radius 2 is 2.29 bits per heavy atom. The maximum atomic E-state index is 12.0. The molecule has 0 aromatic carbocycles. The number of ether oxygens (including phenoxy) is 1. The lowest BCUT2D eigenvalue weighted by molar-refractivity contribution is 0.0291. The minimum atomic E-state index is -0.430. The van der Waals surface area contributed by atoms with E-state index in [9.17, 15) is 4.79 Å². The van der Waals surface area contributed by atoms with Gasteiger partial charge in [0.25, 0.3) is 0 Å². The number of likely N-dealkylation sites (tertiary alicyclic amines) is 1. The maximum Gasteiger partial charge on any atom is 0.410 e. The molecular formula is C15H26N4O2. The summed E-state index contributed by atoms with van der Waals surface area (Å²) in [5, 5.41) is 7.73. The number of nitrogens with zero attached hydrogens (tertiary/aromatic N) is 3. The largest absolute Gasteiger partial charge is 0.444 e. The fourth-order valence-electron chi connectivity index (χ4n) is 2.39. The zero-order valence-electron chi connectivity index (χ0n) is 13.4. The Bertz CT molecular complexity index is 478. The van der Waals surface area contributed by atoms with Crippen LogP contribution in [-0.2, 0) is 11.3 Å². The Hall–Kier alpha value is -1.56. The molecule has 0 spiro atoms. The van der Waals surface area contributed by atoms with Crippen molar-refractivity contribution in [1.82, 2.24) is 20.0 Å². The molecule has 1 saturated heterocycles. The van der Waals surface area contributed by atoms with E-state index >= 15 is 0 Å². The molecule has 21 heavy (non-hydrogen) atoms. The summed E-state index contributed by atoms with van der Waals surface area (Å²) in [6.45, 7) is 10.9. The molecular weight excluding hydrogens is 268 g/mol. The van der Waals surface area contributed by atoms with Crippen molar-refractivity contribution in [3.05, 3.63) is 18.0 Å². The SMILES string of the molecule is Cc1cnn(CCNC2CCN(C(=O)OC(C)(C)C)C2)c1. The lowest BCUT2D eigenvalue weighted by Crippen LogP contribution is -2.39. The van der Waals surface area contributed by atoms with Crippen LogP contribution in [0, 0.1) is 6.92 Å². The molecule has 2 heterocycles. The van der Waals surface area contributed by atoms with Crippen LogP contribution in [0.4, 0.5) is 4.79 Å². The zero-order chi connectivity index (χ0) is 15.5. The van der Waals surface area contributed by atoms with Gasteiger partial charge in [0.05, 0.1) is 12.7 Å². The number of rotatable bonds is 4. The normalized spacial score (nSPS) is 19.0. The molecule has 1 aliphatic rings. The summed E-state index contributed by atoms with van der Waals surface area (Å²) in [4.78, 5) is 13.7. The Morgan fingerprint density at radius 1 is 1.52 bits per heavy atom. The molecule has 1 fully saturated rings. The summed E-state index contributed by atoms with van der Waals surface area (Å²) in [5.41, 5.74) is 0.743. The van der Waals surface area contributed by atoms with E-state index in [0.717, 1.165) is 26.1 Å². The fraction of sp³-hybridized carbons (Fsp3) is 0.733. The van der Waals surface area contributed by atoms with E-state index in [1.807, 2.05) is 44.8 Å². The van der Waals surface area contributed by atoms with Crippen molar-refractivity contribution in [2.45, 2.75) is 52.3 Å². The van der Waals surface area contributed by atoms with Crippen molar-refractivity contribution in [1.29, 1.82) is 0 Å². The summed E-state index contributed by atoms with van der Waals surface area (Å²) in [6.07, 6.45) is 4.65. The van der Waals surface area contributed by atoms with E-state index in [1.54, 1.807) is 4.90 Å². The van der Waals surface area contributed by atoms with Gasteiger partial charge in [-0.05, 0) is 39.7 Å². The number of nitrogens with one attached hydrogen (secondary N) is 1. The maximum absolute atomic E-state index is 12.0. The van der Waals surface area contributed by atoms with Crippen molar-refractivity contribution in [3.8, 4) is 0 Å². The highest BCUT2D eigenvalue weighted by molar-refractivity contribution is 5.68. The summed E-state index contributed by atoms with van der Waals surface area (Å²) >= 11 is 0. The van der Waals surface area contributed by atoms with Gasteiger partial charge in [0.2, 0.25) is 0 Å². The fourth-order valence-corrected chi connectivity index (χ4v) is 2.39. The van der Waals surface area contributed by atoms with Gasteiger partial charge >= 0.3 is 6.09 Å². The Labute approximate surface area is 126 Å². The second-order valence-electron chi connectivity index (χ2n) is 6.65. The van der Waals surface area contributed by atoms with Crippen molar-refractivity contribution < 1.29 is 9.53 Å². The van der Waals surface area contributed by atoms with Crippen molar-refractivity contribution in [2.24, 2.45) is 0 Å². The molecule has 6 heteroatoms. The van der Waals surface area contributed by atoms with E-state index in [4.69, 9.17) is 4.74 Å². The minimum Gasteiger partial charge on any atom is -0.444 e. The Morgan fingerprint density at radius 3 is 2.90 bits per heavy atom. The first-order valence-electron chi connectivity index (χ1n) is 7.54. The zero-order valence-corrected chi connectivity index (χ0v) is 13.4. The molecule has 2 rings (SSSR count). The van der Waals surface area contributed by atoms with Crippen LogP contribution in [0.25, 0.3) is 0 Å². The van der Waals surface area contributed by atoms with Crippen molar-refractivity contribution in [2.75, 3.05) is 19.6 Å². The van der Waals surface area contributed by atoms with Crippen LogP contribution in [0.5, 0.6) is 0 Å². The number of aromatic nitrogens is 2. The predicted octanol–water partition coefficient (Wildman–Crippen LogP) is 1.79. The average molecular weight is 294 g/mol. The highest BCUT2D eigenvalue weighted by Gasteiger charge is 2.29. The highest BCUT2D eigenvalue weighted by Crippen LogP contribution is 2.15. The number of hydrogen-bond acceptors (Lipinski definition) is 4. The van der Waals surface area contributed by atoms with Crippen molar-refractivity contribution in [3.63, 3.8) is 0 Å². The van der Waals surface area contributed by atoms with Gasteiger partial charge in [-0.2, -0.15) is 5.10 Å². The highest BCUT2D eigenvalue weighted by atomic mass is 16.6. The van der Waals surface area contributed by atoms with E-state index in [-0.39, 0.29) is 6.09 Å². The number of aryl methyl sites for hydroxylation is 1. The Balaban J connectivity index is 1.69. The van der Waals surface area contributed by atoms with Gasteiger partial charge in [-0.15, -0.1) is 0 Å². The molecule has 1 aromatic heterocycles. The van der Waals surface area contributed by atoms with Crippen molar-refractivity contribution >= 4 is 6.09 Å². The van der Waals surface area contributed by atoms with Crippen LogP contribution < -0.4 is 5.32 Å². The van der Waals surface area contributed by atoms with Gasteiger partial charge in [-0.1, -0.05) is 0 Å². The summed E-state index contributed by atoms with van der Waals surface area (Å²) in [6, 6.07) is 0.342. The van der Waals surface area contributed by atoms with E-state index in [0.29, 0.717) is 12.6 Å². The third kappa shape index (κ3) is 5.04. The van der Waals surface area contributed by atoms with Crippen LogP contribution in [-0.4, -0.2) is 52.1 Å². The van der Waals surface area contributed by atoms with Gasteiger partial charge in [-0.25, -0.2) is 4.79 Å². The monoisotopic (exact) mass is 294 g/mol. The van der Waals surface area contributed by atoms with Gasteiger partial charge in [0.1, 0.15) is 5.60 Å². The Kier molecular flexibility index (Phi) is 4.88. The molecule has 1 atom stereocenters. The molecule has 0 radical (unpaired) electrons. The summed E-state index contributed by atoms with van der Waals surface area (Å²) in [7, 11) is 0. The molecule has 0 bridgehead atoms. The summed E-state index contributed by atoms with van der Waals surface area (Å²) < 4.78 is 7.33. The first kappa shape index (κ1) is 15.8. The molecule has 6 nitrogen and oxygen atoms in total. The molecule has 1 amide bonds. The molecule has 0 aliphatic carbocycles. The van der Waals surface area contributed by atoms with Crippen LogP contribution in [0.1, 0.15) is 32.8 Å². The number of amides is 1. The summed E-state index contributed by atoms with van der Waals surface area (Å²) in [5.74, 6) is 0. The third-order valence-corrected chi connectivity index (χ3v) is 3.38. The van der Waals surface area contributed by atoms with Crippen LogP contribution in [0.15, 0.2) is 12.4 Å². The number of carbonyl (C=O) groups excluding carboxylic acids is 1. The standard InChI is InChI=1S/C15H26N4O2/c1-12-9-17-19(10-12)8-6-16-13-5-7-18(11-13)14(20)21-15(2,3)4/h9-10,13,16H,5-8,11H2,1-4H3. The molecule has 1 N–H and O–H groups in total. The van der Waals surface area contributed by atoms with Crippen LogP contribution >= 0.6 is 0 Å². The van der Waals surface area contributed by atoms with E-state index in [1.165, 1.54) is 5.56 Å². The molecule has 118 valence electrons. The van der Waals surface area contributed by atoms with Crippen LogP contribution in [0.3, 0.4) is 0 Å². The average Bonchev–Trinajstić information content (AvgIpc) is 2.97. The molecule has 0 saturated carbocycles. The van der Waals surface area contributed by atoms with Gasteiger partial charge < -0.3 is 15.0 Å². The second-order valence-corrected chi connectivity index (χ2v) is 6.65. The van der Waals surface area contributed by atoms with Gasteiger partial charge in [-0.3, -0.25) is 4.68 Å². The quantitative estimate of drug-likeness (QED) is 0.920. The van der Waals surface area contributed by atoms with Gasteiger partial charge in [0.15, 0.2) is 0 Å². The third-order valence-electron chi connectivity index (χ3n) is 3.38. The predicted molar refractivity (Wildman–Crippen MR) is 81.2 cm³/mol. The first-order chi connectivity index (χ1) is 9.83. The van der Waals surface area contributed by atoms with Gasteiger partial charge in [0, 0.05) is 31.9 Å².